The summed E-state index contributed by atoms with van der Waals surface area (Å²) < 4.78 is 5.75. The number of hydrogen-bond acceptors (Lipinski definition) is 8. The van der Waals surface area contributed by atoms with Crippen LogP contribution in [0.4, 0.5) is 5.95 Å². The van der Waals surface area contributed by atoms with Crippen LogP contribution < -0.4 is 10.7 Å². The number of hydrogen-bond donors (Lipinski definition) is 2. The summed E-state index contributed by atoms with van der Waals surface area (Å²) in [6.07, 6.45) is 4.05. The quantitative estimate of drug-likeness (QED) is 0.709. The van der Waals surface area contributed by atoms with Gasteiger partial charge in [0.15, 0.2) is 0 Å². The summed E-state index contributed by atoms with van der Waals surface area (Å²) in [5.41, 5.74) is 7.51. The zero-order chi connectivity index (χ0) is 21.2. The molecule has 0 radical (unpaired) electrons. The lowest BCUT2D eigenvalue weighted by Gasteiger charge is -2.20. The maximum Gasteiger partial charge on any atom is 0.252 e. The molecule has 0 bridgehead atoms. The third kappa shape index (κ3) is 4.36. The number of aromatic nitrogens is 2. The van der Waals surface area contributed by atoms with Crippen LogP contribution in [-0.2, 0) is 35.5 Å². The van der Waals surface area contributed by atoms with Gasteiger partial charge in [0.2, 0.25) is 5.95 Å². The van der Waals surface area contributed by atoms with Crippen LogP contribution in [0.3, 0.4) is 0 Å². The van der Waals surface area contributed by atoms with E-state index in [0.29, 0.717) is 31.7 Å². The van der Waals surface area contributed by atoms with Gasteiger partial charge in [-0.25, -0.2) is 9.97 Å². The van der Waals surface area contributed by atoms with Crippen molar-refractivity contribution < 1.29 is 9.53 Å². The van der Waals surface area contributed by atoms with Crippen LogP contribution in [0, 0.1) is 0 Å². The number of ether oxygens (including phenoxy) is 1. The standard InChI is InChI=1S/C22H27N7O2/c1-14(31-7-6-18-11-24-28-27-18)21(30)29-12-17-10-23-22(26-20(17)13-29)25-19-8-15-4-2-3-5-16(15)9-19/h2-5,10,14,18-19H,6-9,11-13H2,1H3,(H,24,27)(H,23,25,26)/t14-,18?/m0/s1. The molecule has 31 heavy (non-hydrogen) atoms. The van der Waals surface area contributed by atoms with Gasteiger partial charge in [-0.2, -0.15) is 5.11 Å². The smallest absolute Gasteiger partial charge is 0.252 e. The average molecular weight is 422 g/mol. The molecule has 3 heterocycles. The lowest BCUT2D eigenvalue weighted by atomic mass is 10.1. The molecule has 0 saturated carbocycles. The van der Waals surface area contributed by atoms with Gasteiger partial charge in [-0.15, -0.1) is 0 Å². The molecule has 1 aliphatic carbocycles. The molecule has 9 heteroatoms. The molecule has 2 aliphatic heterocycles. The van der Waals surface area contributed by atoms with E-state index in [0.717, 1.165) is 37.1 Å². The lowest BCUT2D eigenvalue weighted by molar-refractivity contribution is -0.143. The van der Waals surface area contributed by atoms with Crippen molar-refractivity contribution in [3.63, 3.8) is 0 Å². The number of nitrogens with zero attached hydrogens (tertiary/aromatic N) is 5. The molecular weight excluding hydrogens is 394 g/mol. The van der Waals surface area contributed by atoms with Gasteiger partial charge in [-0.3, -0.25) is 10.2 Å². The van der Waals surface area contributed by atoms with E-state index in [1.807, 2.05) is 6.20 Å². The zero-order valence-corrected chi connectivity index (χ0v) is 17.6. The highest BCUT2D eigenvalue weighted by Crippen LogP contribution is 2.26. The van der Waals surface area contributed by atoms with Crippen LogP contribution in [0.2, 0.25) is 0 Å². The van der Waals surface area contributed by atoms with E-state index in [1.54, 1.807) is 11.8 Å². The Bertz CT molecular complexity index is 971. The number of carbonyl (C=O) groups is 1. The molecule has 0 spiro atoms. The fourth-order valence-corrected chi connectivity index (χ4v) is 4.40. The van der Waals surface area contributed by atoms with Crippen molar-refractivity contribution in [2.24, 2.45) is 10.3 Å². The second-order valence-electron chi connectivity index (χ2n) is 8.41. The molecule has 2 N–H and O–H groups in total. The minimum absolute atomic E-state index is 0.0232. The van der Waals surface area contributed by atoms with Crippen molar-refractivity contribution in [1.82, 2.24) is 20.3 Å². The summed E-state index contributed by atoms with van der Waals surface area (Å²) in [5.74, 6) is 0.611. The molecule has 1 amide bonds. The Labute approximate surface area is 181 Å². The minimum atomic E-state index is -0.497. The van der Waals surface area contributed by atoms with Crippen molar-refractivity contribution in [3.05, 3.63) is 52.8 Å². The van der Waals surface area contributed by atoms with E-state index in [4.69, 9.17) is 9.72 Å². The van der Waals surface area contributed by atoms with E-state index in [2.05, 4.69) is 50.3 Å². The third-order valence-electron chi connectivity index (χ3n) is 6.14. The Morgan fingerprint density at radius 2 is 2.06 bits per heavy atom. The van der Waals surface area contributed by atoms with E-state index in [-0.39, 0.29) is 11.9 Å². The van der Waals surface area contributed by atoms with Crippen molar-refractivity contribution in [2.45, 2.75) is 57.5 Å². The topological polar surface area (TPSA) is 104 Å². The Morgan fingerprint density at radius 1 is 1.26 bits per heavy atom. The van der Waals surface area contributed by atoms with Gasteiger partial charge in [-0.05, 0) is 37.3 Å². The number of anilines is 1. The Morgan fingerprint density at radius 3 is 2.81 bits per heavy atom. The third-order valence-corrected chi connectivity index (χ3v) is 6.14. The summed E-state index contributed by atoms with van der Waals surface area (Å²) in [5, 5.41) is 11.3. The first-order valence-electron chi connectivity index (χ1n) is 10.9. The molecule has 1 aromatic carbocycles. The van der Waals surface area contributed by atoms with E-state index in [9.17, 15) is 4.79 Å². The predicted octanol–water partition coefficient (Wildman–Crippen LogP) is 2.03. The van der Waals surface area contributed by atoms with Crippen molar-refractivity contribution in [3.8, 4) is 0 Å². The second-order valence-corrected chi connectivity index (χ2v) is 8.41. The Kier molecular flexibility index (Phi) is 5.50. The highest BCUT2D eigenvalue weighted by atomic mass is 16.5. The molecule has 2 atom stereocenters. The first-order valence-corrected chi connectivity index (χ1v) is 10.9. The summed E-state index contributed by atoms with van der Waals surface area (Å²) in [6, 6.07) is 8.97. The first-order chi connectivity index (χ1) is 15.2. The summed E-state index contributed by atoms with van der Waals surface area (Å²) in [6.45, 7) is 4.03. The Hall–Kier alpha value is -3.07. The van der Waals surface area contributed by atoms with Crippen LogP contribution >= 0.6 is 0 Å². The van der Waals surface area contributed by atoms with Crippen molar-refractivity contribution >= 4 is 11.9 Å². The fraction of sp³-hybridized carbons (Fsp3) is 0.500. The molecular formula is C22H27N7O2. The summed E-state index contributed by atoms with van der Waals surface area (Å²) >= 11 is 0. The molecule has 2 aromatic rings. The van der Waals surface area contributed by atoms with Crippen LogP contribution in [0.25, 0.3) is 0 Å². The highest BCUT2D eigenvalue weighted by molar-refractivity contribution is 5.81. The van der Waals surface area contributed by atoms with Crippen LogP contribution in [0.15, 0.2) is 40.8 Å². The molecule has 0 fully saturated rings. The Balaban J connectivity index is 1.14. The maximum atomic E-state index is 12.8. The van der Waals surface area contributed by atoms with Crippen molar-refractivity contribution in [2.75, 3.05) is 18.5 Å². The van der Waals surface area contributed by atoms with Gasteiger partial charge in [-0.1, -0.05) is 29.5 Å². The number of carbonyl (C=O) groups excluding carboxylic acids is 1. The number of amides is 1. The van der Waals surface area contributed by atoms with Crippen LogP contribution in [-0.4, -0.2) is 52.1 Å². The maximum absolute atomic E-state index is 12.8. The fourth-order valence-electron chi connectivity index (χ4n) is 4.40. The molecule has 1 unspecified atom stereocenters. The zero-order valence-electron chi connectivity index (χ0n) is 17.6. The number of fused-ring (bicyclic) bond motifs is 2. The van der Waals surface area contributed by atoms with Gasteiger partial charge < -0.3 is 15.0 Å². The number of benzene rings is 1. The van der Waals surface area contributed by atoms with Gasteiger partial charge in [0.05, 0.1) is 24.8 Å². The number of rotatable bonds is 7. The SMILES string of the molecule is C[C@H](OCCC1CNN=N1)C(=O)N1Cc2cnc(NC3Cc4ccccc4C3)nc2C1. The number of nitrogens with one attached hydrogen (secondary N) is 2. The summed E-state index contributed by atoms with van der Waals surface area (Å²) in [4.78, 5) is 23.8. The van der Waals surface area contributed by atoms with E-state index < -0.39 is 6.10 Å². The molecule has 9 nitrogen and oxygen atoms in total. The monoisotopic (exact) mass is 421 g/mol. The van der Waals surface area contributed by atoms with Crippen LogP contribution in [0.1, 0.15) is 35.7 Å². The molecule has 162 valence electrons. The normalized spacial score (nSPS) is 20.4. The molecule has 3 aliphatic rings. The minimum Gasteiger partial charge on any atom is -0.369 e. The summed E-state index contributed by atoms with van der Waals surface area (Å²) in [7, 11) is 0. The largest absolute Gasteiger partial charge is 0.369 e. The second kappa shape index (κ2) is 8.58. The first kappa shape index (κ1) is 19.9. The molecule has 0 saturated heterocycles. The average Bonchev–Trinajstić information content (AvgIpc) is 3.51. The lowest BCUT2D eigenvalue weighted by Crippen LogP contribution is -2.36. The predicted molar refractivity (Wildman–Crippen MR) is 114 cm³/mol. The van der Waals surface area contributed by atoms with E-state index in [1.165, 1.54) is 11.1 Å². The van der Waals surface area contributed by atoms with Crippen LogP contribution in [0.5, 0.6) is 0 Å². The van der Waals surface area contributed by atoms with Gasteiger partial charge in [0.1, 0.15) is 6.10 Å². The highest BCUT2D eigenvalue weighted by Gasteiger charge is 2.29. The molecule has 5 rings (SSSR count). The van der Waals surface area contributed by atoms with Gasteiger partial charge in [0, 0.05) is 31.0 Å². The van der Waals surface area contributed by atoms with E-state index >= 15 is 0 Å². The molecule has 1 aromatic heterocycles. The van der Waals surface area contributed by atoms with Crippen molar-refractivity contribution in [1.29, 1.82) is 0 Å². The van der Waals surface area contributed by atoms with Gasteiger partial charge in [0.25, 0.3) is 5.91 Å². The van der Waals surface area contributed by atoms with Gasteiger partial charge >= 0.3 is 0 Å².